The number of hydrogen-bond donors (Lipinski definition) is 4. The molecule has 0 bridgehead atoms. The highest BCUT2D eigenvalue weighted by atomic mass is 16.6. The number of aromatic amines is 1. The number of aliphatic hydroxyl groups excluding tert-OH is 3. The third-order valence-corrected chi connectivity index (χ3v) is 4.09. The Labute approximate surface area is 136 Å². The van der Waals surface area contributed by atoms with Crippen molar-refractivity contribution in [3.8, 4) is 11.1 Å². The van der Waals surface area contributed by atoms with Gasteiger partial charge in [0, 0.05) is 6.20 Å². The van der Waals surface area contributed by atoms with Gasteiger partial charge in [0.1, 0.15) is 18.3 Å². The number of rotatable bonds is 3. The van der Waals surface area contributed by atoms with Crippen LogP contribution in [0, 0.1) is 6.92 Å². The summed E-state index contributed by atoms with van der Waals surface area (Å²) in [5.41, 5.74) is 0.449. The molecule has 1 saturated heterocycles. The Balaban J connectivity index is 2.09. The van der Waals surface area contributed by atoms with Crippen molar-refractivity contribution in [2.75, 3.05) is 6.61 Å². The minimum absolute atomic E-state index is 0.232. The first-order valence-electron chi connectivity index (χ1n) is 7.47. The zero-order chi connectivity index (χ0) is 17.4. The first-order valence-corrected chi connectivity index (χ1v) is 7.47. The van der Waals surface area contributed by atoms with Crippen molar-refractivity contribution < 1.29 is 20.1 Å². The summed E-state index contributed by atoms with van der Waals surface area (Å²) in [5, 5.41) is 29.1. The molecular weight excluding hydrogens is 316 g/mol. The molecule has 8 heteroatoms. The Morgan fingerprint density at radius 2 is 2.00 bits per heavy atom. The number of benzene rings is 1. The van der Waals surface area contributed by atoms with Gasteiger partial charge < -0.3 is 20.1 Å². The summed E-state index contributed by atoms with van der Waals surface area (Å²) in [6, 6.07) is 7.17. The molecule has 1 aromatic heterocycles. The van der Waals surface area contributed by atoms with Crippen LogP contribution in [0.3, 0.4) is 0 Å². The largest absolute Gasteiger partial charge is 0.394 e. The number of aromatic nitrogens is 2. The van der Waals surface area contributed by atoms with Crippen LogP contribution in [0.1, 0.15) is 11.8 Å². The predicted octanol–water partition coefficient (Wildman–Crippen LogP) is -0.876. The molecule has 0 unspecified atom stereocenters. The number of H-pyrrole nitrogens is 1. The Bertz CT molecular complexity index is 858. The molecule has 4 atom stereocenters. The molecule has 128 valence electrons. The Morgan fingerprint density at radius 1 is 1.25 bits per heavy atom. The zero-order valence-corrected chi connectivity index (χ0v) is 12.9. The molecule has 1 aliphatic heterocycles. The van der Waals surface area contributed by atoms with E-state index in [4.69, 9.17) is 9.84 Å². The maximum atomic E-state index is 12.1. The molecule has 1 fully saturated rings. The Kier molecular flexibility index (Phi) is 4.37. The van der Waals surface area contributed by atoms with Crippen LogP contribution in [0.25, 0.3) is 11.1 Å². The number of aryl methyl sites for hydroxylation is 1. The quantitative estimate of drug-likeness (QED) is 0.578. The van der Waals surface area contributed by atoms with Crippen molar-refractivity contribution in [3.63, 3.8) is 0 Å². The molecule has 8 nitrogen and oxygen atoms in total. The molecule has 2 aromatic rings. The normalized spacial score (nSPS) is 26.7. The van der Waals surface area contributed by atoms with E-state index >= 15 is 0 Å². The van der Waals surface area contributed by atoms with Gasteiger partial charge in [-0.3, -0.25) is 14.3 Å². The lowest BCUT2D eigenvalue weighted by atomic mass is 10.1. The molecule has 0 amide bonds. The van der Waals surface area contributed by atoms with Gasteiger partial charge in [0.2, 0.25) is 0 Å². The second-order valence-electron chi connectivity index (χ2n) is 5.81. The summed E-state index contributed by atoms with van der Waals surface area (Å²) in [6.45, 7) is 1.37. The lowest BCUT2D eigenvalue weighted by molar-refractivity contribution is -0.0549. The average Bonchev–Trinajstić information content (AvgIpc) is 2.83. The maximum absolute atomic E-state index is 12.1. The van der Waals surface area contributed by atoms with Gasteiger partial charge in [0.05, 0.1) is 12.2 Å². The number of aliphatic hydroxyl groups is 3. The second kappa shape index (κ2) is 6.33. The summed E-state index contributed by atoms with van der Waals surface area (Å²) in [5.74, 6) is 0. The van der Waals surface area contributed by atoms with Crippen molar-refractivity contribution in [3.05, 3.63) is 56.9 Å². The fraction of sp³-hybridized carbons (Fsp3) is 0.375. The SMILES string of the molecule is Cc1cccc(-c2cn([C@@H]3O[C@H](CO)[C@@H](O)[C@H]3O)c(=O)[nH]c2=O)c1. The van der Waals surface area contributed by atoms with Gasteiger partial charge in [-0.15, -0.1) is 0 Å². The first-order chi connectivity index (χ1) is 11.4. The van der Waals surface area contributed by atoms with Crippen LogP contribution in [0.2, 0.25) is 0 Å². The van der Waals surface area contributed by atoms with Gasteiger partial charge in [-0.1, -0.05) is 29.8 Å². The van der Waals surface area contributed by atoms with Crippen molar-refractivity contribution in [2.24, 2.45) is 0 Å². The van der Waals surface area contributed by atoms with Crippen molar-refractivity contribution in [2.45, 2.75) is 31.5 Å². The standard InChI is InChI=1S/C16H18N2O6/c1-8-3-2-4-9(5-8)10-6-18(16(23)17-14(10)22)15-13(21)12(20)11(7-19)24-15/h2-6,11-13,15,19-21H,7H2,1H3,(H,17,22,23)/t11-,12-,13-,15-/m1/s1. The molecule has 0 saturated carbocycles. The van der Waals surface area contributed by atoms with E-state index in [0.29, 0.717) is 5.56 Å². The van der Waals surface area contributed by atoms with E-state index in [0.717, 1.165) is 10.1 Å². The lowest BCUT2D eigenvalue weighted by Gasteiger charge is -2.18. The molecule has 24 heavy (non-hydrogen) atoms. The van der Waals surface area contributed by atoms with Crippen molar-refractivity contribution >= 4 is 0 Å². The average molecular weight is 334 g/mol. The number of hydrogen-bond acceptors (Lipinski definition) is 6. The summed E-state index contributed by atoms with van der Waals surface area (Å²) in [6.07, 6.45) is -3.66. The summed E-state index contributed by atoms with van der Waals surface area (Å²) < 4.78 is 6.36. The maximum Gasteiger partial charge on any atom is 0.330 e. The summed E-state index contributed by atoms with van der Waals surface area (Å²) in [4.78, 5) is 26.4. The smallest absolute Gasteiger partial charge is 0.330 e. The monoisotopic (exact) mass is 334 g/mol. The van der Waals surface area contributed by atoms with Crippen LogP contribution < -0.4 is 11.2 Å². The summed E-state index contributed by atoms with van der Waals surface area (Å²) >= 11 is 0. The van der Waals surface area contributed by atoms with Gasteiger partial charge in [-0.25, -0.2) is 4.79 Å². The highest BCUT2D eigenvalue weighted by Crippen LogP contribution is 2.28. The van der Waals surface area contributed by atoms with Gasteiger partial charge in [-0.2, -0.15) is 0 Å². The molecule has 0 radical (unpaired) electrons. The molecule has 4 N–H and O–H groups in total. The van der Waals surface area contributed by atoms with E-state index in [1.807, 2.05) is 13.0 Å². The van der Waals surface area contributed by atoms with Crippen LogP contribution >= 0.6 is 0 Å². The van der Waals surface area contributed by atoms with E-state index in [-0.39, 0.29) is 5.56 Å². The van der Waals surface area contributed by atoms with E-state index < -0.39 is 42.4 Å². The second-order valence-corrected chi connectivity index (χ2v) is 5.81. The highest BCUT2D eigenvalue weighted by Gasteiger charge is 2.43. The van der Waals surface area contributed by atoms with Gasteiger partial charge in [0.25, 0.3) is 5.56 Å². The molecular formula is C16H18N2O6. The third-order valence-electron chi connectivity index (χ3n) is 4.09. The molecule has 1 aromatic carbocycles. The van der Waals surface area contributed by atoms with Gasteiger partial charge in [0.15, 0.2) is 6.23 Å². The number of ether oxygens (including phenoxy) is 1. The minimum atomic E-state index is -1.41. The van der Waals surface area contributed by atoms with Gasteiger partial charge >= 0.3 is 5.69 Å². The Morgan fingerprint density at radius 3 is 2.62 bits per heavy atom. The van der Waals surface area contributed by atoms with Crippen LogP contribution in [0.5, 0.6) is 0 Å². The van der Waals surface area contributed by atoms with Gasteiger partial charge in [-0.05, 0) is 12.5 Å². The van der Waals surface area contributed by atoms with Crippen molar-refractivity contribution in [1.82, 2.24) is 9.55 Å². The van der Waals surface area contributed by atoms with Crippen LogP contribution in [0.15, 0.2) is 40.1 Å². The van der Waals surface area contributed by atoms with Crippen LogP contribution in [-0.4, -0.2) is 49.8 Å². The third kappa shape index (κ3) is 2.80. The lowest BCUT2D eigenvalue weighted by Crippen LogP contribution is -2.38. The number of nitrogens with one attached hydrogen (secondary N) is 1. The fourth-order valence-corrected chi connectivity index (χ4v) is 2.80. The molecule has 2 heterocycles. The zero-order valence-electron chi connectivity index (χ0n) is 12.9. The molecule has 1 aliphatic rings. The van der Waals surface area contributed by atoms with Crippen LogP contribution in [-0.2, 0) is 4.74 Å². The Hall–Kier alpha value is -2.26. The topological polar surface area (TPSA) is 125 Å². The fourth-order valence-electron chi connectivity index (χ4n) is 2.80. The van der Waals surface area contributed by atoms with E-state index in [2.05, 4.69) is 4.98 Å². The predicted molar refractivity (Wildman–Crippen MR) is 84.5 cm³/mol. The van der Waals surface area contributed by atoms with Crippen molar-refractivity contribution in [1.29, 1.82) is 0 Å². The van der Waals surface area contributed by atoms with E-state index in [9.17, 15) is 19.8 Å². The summed E-state index contributed by atoms with van der Waals surface area (Å²) in [7, 11) is 0. The highest BCUT2D eigenvalue weighted by molar-refractivity contribution is 5.62. The van der Waals surface area contributed by atoms with Crippen LogP contribution in [0.4, 0.5) is 0 Å². The van der Waals surface area contributed by atoms with E-state index in [1.165, 1.54) is 6.20 Å². The first kappa shape index (κ1) is 16.6. The molecule has 0 aliphatic carbocycles. The molecule has 3 rings (SSSR count). The van der Waals surface area contributed by atoms with E-state index in [1.54, 1.807) is 18.2 Å². The molecule has 0 spiro atoms. The minimum Gasteiger partial charge on any atom is -0.394 e. The number of nitrogens with zero attached hydrogens (tertiary/aromatic N) is 1.